The van der Waals surface area contributed by atoms with E-state index < -0.39 is 0 Å². The average Bonchev–Trinajstić information content (AvgIpc) is 3.13. The molecule has 4 rings (SSSR count). The summed E-state index contributed by atoms with van der Waals surface area (Å²) in [6, 6.07) is 20.7. The fourth-order valence-electron chi connectivity index (χ4n) is 2.59. The molecule has 2 aromatic heterocycles. The van der Waals surface area contributed by atoms with Gasteiger partial charge in [-0.1, -0.05) is 65.3 Å². The summed E-state index contributed by atoms with van der Waals surface area (Å²) in [6.07, 6.45) is 0. The molecular formula is C20H16N4O2. The summed E-state index contributed by atoms with van der Waals surface area (Å²) in [4.78, 5) is 16.5. The Hall–Kier alpha value is -3.54. The second-order valence-corrected chi connectivity index (χ2v) is 5.96. The van der Waals surface area contributed by atoms with Crippen molar-refractivity contribution in [2.24, 2.45) is 0 Å². The highest BCUT2D eigenvalue weighted by Gasteiger charge is 2.11. The zero-order chi connectivity index (χ0) is 17.9. The molecule has 2 aromatic carbocycles. The van der Waals surface area contributed by atoms with Crippen LogP contribution in [0.2, 0.25) is 0 Å². The van der Waals surface area contributed by atoms with Gasteiger partial charge < -0.3 is 4.52 Å². The zero-order valence-corrected chi connectivity index (χ0v) is 14.2. The first kappa shape index (κ1) is 16.0. The first-order chi connectivity index (χ1) is 12.7. The molecule has 6 nitrogen and oxygen atoms in total. The van der Waals surface area contributed by atoms with Gasteiger partial charge in [-0.3, -0.25) is 4.79 Å². The third kappa shape index (κ3) is 3.30. The van der Waals surface area contributed by atoms with E-state index in [2.05, 4.69) is 15.2 Å². The summed E-state index contributed by atoms with van der Waals surface area (Å²) in [5, 5.41) is 8.40. The van der Waals surface area contributed by atoms with Gasteiger partial charge in [0.05, 0.1) is 5.69 Å². The van der Waals surface area contributed by atoms with Crippen LogP contribution in [0.25, 0.3) is 22.6 Å². The van der Waals surface area contributed by atoms with Crippen molar-refractivity contribution in [3.63, 3.8) is 0 Å². The van der Waals surface area contributed by atoms with Crippen LogP contribution in [-0.2, 0) is 6.54 Å². The van der Waals surface area contributed by atoms with Crippen LogP contribution in [0.1, 0.15) is 11.5 Å². The Balaban J connectivity index is 1.62. The molecule has 0 unspecified atom stereocenters. The molecule has 0 saturated heterocycles. The van der Waals surface area contributed by atoms with E-state index in [0.29, 0.717) is 17.4 Å². The van der Waals surface area contributed by atoms with E-state index in [0.717, 1.165) is 16.7 Å². The summed E-state index contributed by atoms with van der Waals surface area (Å²) < 4.78 is 6.62. The van der Waals surface area contributed by atoms with Crippen molar-refractivity contribution < 1.29 is 4.52 Å². The van der Waals surface area contributed by atoms with E-state index in [1.54, 1.807) is 6.07 Å². The van der Waals surface area contributed by atoms with Gasteiger partial charge in [0, 0.05) is 17.2 Å². The summed E-state index contributed by atoms with van der Waals surface area (Å²) in [5.41, 5.74) is 3.45. The minimum absolute atomic E-state index is 0.123. The third-order valence-corrected chi connectivity index (χ3v) is 4.00. The maximum atomic E-state index is 12.1. The van der Waals surface area contributed by atoms with Gasteiger partial charge in [0.15, 0.2) is 0 Å². The Morgan fingerprint density at radius 1 is 0.923 bits per heavy atom. The van der Waals surface area contributed by atoms with Crippen molar-refractivity contribution in [1.29, 1.82) is 0 Å². The highest BCUT2D eigenvalue weighted by Crippen LogP contribution is 2.17. The van der Waals surface area contributed by atoms with Crippen LogP contribution in [0, 0.1) is 6.92 Å². The molecule has 0 N–H and O–H groups in total. The SMILES string of the molecule is Cc1ccc(-c2noc(Cn3nc(-c4ccccc4)ccc3=O)n2)cc1. The fourth-order valence-corrected chi connectivity index (χ4v) is 2.59. The maximum Gasteiger partial charge on any atom is 0.267 e. The quantitative estimate of drug-likeness (QED) is 0.568. The predicted molar refractivity (Wildman–Crippen MR) is 97.5 cm³/mol. The molecule has 26 heavy (non-hydrogen) atoms. The molecule has 2 heterocycles. The highest BCUT2D eigenvalue weighted by atomic mass is 16.5. The van der Waals surface area contributed by atoms with Crippen molar-refractivity contribution >= 4 is 0 Å². The number of rotatable bonds is 4. The predicted octanol–water partition coefficient (Wildman–Crippen LogP) is 3.32. The van der Waals surface area contributed by atoms with Gasteiger partial charge >= 0.3 is 0 Å². The molecule has 0 spiro atoms. The zero-order valence-electron chi connectivity index (χ0n) is 14.2. The van der Waals surface area contributed by atoms with Crippen molar-refractivity contribution in [2.45, 2.75) is 13.5 Å². The largest absolute Gasteiger partial charge is 0.337 e. The lowest BCUT2D eigenvalue weighted by Gasteiger charge is -2.04. The second-order valence-electron chi connectivity index (χ2n) is 5.96. The summed E-state index contributed by atoms with van der Waals surface area (Å²) in [5.74, 6) is 0.827. The first-order valence-electron chi connectivity index (χ1n) is 8.22. The van der Waals surface area contributed by atoms with Crippen LogP contribution < -0.4 is 5.56 Å². The van der Waals surface area contributed by atoms with E-state index in [1.165, 1.54) is 10.7 Å². The Labute approximate surface area is 149 Å². The van der Waals surface area contributed by atoms with E-state index in [4.69, 9.17) is 4.52 Å². The molecule has 0 atom stereocenters. The van der Waals surface area contributed by atoms with Gasteiger partial charge in [0.25, 0.3) is 5.56 Å². The monoisotopic (exact) mass is 344 g/mol. The Morgan fingerprint density at radius 3 is 2.46 bits per heavy atom. The van der Waals surface area contributed by atoms with Gasteiger partial charge in [0.1, 0.15) is 6.54 Å². The molecule has 0 aliphatic carbocycles. The molecule has 128 valence electrons. The van der Waals surface area contributed by atoms with Gasteiger partial charge in [0.2, 0.25) is 11.7 Å². The van der Waals surface area contributed by atoms with Crippen LogP contribution >= 0.6 is 0 Å². The lowest BCUT2D eigenvalue weighted by atomic mass is 10.1. The first-order valence-corrected chi connectivity index (χ1v) is 8.22. The van der Waals surface area contributed by atoms with Crippen molar-refractivity contribution in [2.75, 3.05) is 0 Å². The molecule has 6 heteroatoms. The van der Waals surface area contributed by atoms with Crippen LogP contribution in [0.3, 0.4) is 0 Å². The van der Waals surface area contributed by atoms with E-state index in [-0.39, 0.29) is 12.1 Å². The van der Waals surface area contributed by atoms with E-state index >= 15 is 0 Å². The summed E-state index contributed by atoms with van der Waals surface area (Å²) in [7, 11) is 0. The normalized spacial score (nSPS) is 10.8. The summed E-state index contributed by atoms with van der Waals surface area (Å²) >= 11 is 0. The minimum Gasteiger partial charge on any atom is -0.337 e. The van der Waals surface area contributed by atoms with Crippen LogP contribution in [0.15, 0.2) is 76.0 Å². The molecule has 0 aliphatic heterocycles. The lowest BCUT2D eigenvalue weighted by molar-refractivity contribution is 0.363. The van der Waals surface area contributed by atoms with Gasteiger partial charge in [-0.25, -0.2) is 4.68 Å². The summed E-state index contributed by atoms with van der Waals surface area (Å²) in [6.45, 7) is 2.14. The van der Waals surface area contributed by atoms with E-state index in [1.807, 2.05) is 61.5 Å². The maximum absolute atomic E-state index is 12.1. The molecule has 0 saturated carbocycles. The molecule has 4 aromatic rings. The van der Waals surface area contributed by atoms with Gasteiger partial charge in [-0.15, -0.1) is 0 Å². The number of benzene rings is 2. The standard InChI is InChI=1S/C20H16N4O2/c1-14-7-9-16(10-8-14)20-21-18(26-23-20)13-24-19(25)12-11-17(22-24)15-5-3-2-4-6-15/h2-12H,13H2,1H3. The Bertz CT molecular complexity index is 1080. The Kier molecular flexibility index (Phi) is 4.15. The van der Waals surface area contributed by atoms with Crippen LogP contribution in [-0.4, -0.2) is 19.9 Å². The molecular weight excluding hydrogens is 328 g/mol. The minimum atomic E-state index is -0.222. The third-order valence-electron chi connectivity index (χ3n) is 4.00. The number of hydrogen-bond acceptors (Lipinski definition) is 5. The molecule has 0 fully saturated rings. The van der Waals surface area contributed by atoms with Crippen molar-refractivity contribution in [3.05, 3.63) is 88.5 Å². The second kappa shape index (κ2) is 6.76. The van der Waals surface area contributed by atoms with E-state index in [9.17, 15) is 4.79 Å². The molecule has 0 amide bonds. The molecule has 0 aliphatic rings. The highest BCUT2D eigenvalue weighted by molar-refractivity contribution is 5.57. The number of nitrogens with zero attached hydrogens (tertiary/aromatic N) is 4. The average molecular weight is 344 g/mol. The topological polar surface area (TPSA) is 73.8 Å². The van der Waals surface area contributed by atoms with Gasteiger partial charge in [-0.2, -0.15) is 10.1 Å². The van der Waals surface area contributed by atoms with Crippen molar-refractivity contribution in [1.82, 2.24) is 19.9 Å². The number of aromatic nitrogens is 4. The molecule has 0 bridgehead atoms. The van der Waals surface area contributed by atoms with Gasteiger partial charge in [-0.05, 0) is 13.0 Å². The smallest absolute Gasteiger partial charge is 0.267 e. The van der Waals surface area contributed by atoms with Crippen LogP contribution in [0.4, 0.5) is 0 Å². The fraction of sp³-hybridized carbons (Fsp3) is 0.100. The van der Waals surface area contributed by atoms with Crippen molar-refractivity contribution in [3.8, 4) is 22.6 Å². The van der Waals surface area contributed by atoms with Crippen LogP contribution in [0.5, 0.6) is 0 Å². The number of hydrogen-bond donors (Lipinski definition) is 0. The Morgan fingerprint density at radius 2 is 1.69 bits per heavy atom. The molecule has 0 radical (unpaired) electrons. The lowest BCUT2D eigenvalue weighted by Crippen LogP contribution is -2.23. The number of aryl methyl sites for hydroxylation is 1.